The van der Waals surface area contributed by atoms with Gasteiger partial charge in [-0.3, -0.25) is 0 Å². The average molecular weight is 307 g/mol. The molecule has 2 aromatic heterocycles. The lowest BCUT2D eigenvalue weighted by Gasteiger charge is -2.37. The van der Waals surface area contributed by atoms with Crippen LogP contribution in [0.1, 0.15) is 10.7 Å². The summed E-state index contributed by atoms with van der Waals surface area (Å²) in [5.41, 5.74) is 6.84. The highest BCUT2D eigenvalue weighted by Crippen LogP contribution is 2.32. The van der Waals surface area contributed by atoms with Crippen LogP contribution in [0.3, 0.4) is 0 Å². The molecule has 3 rings (SSSR count). The molecule has 0 radical (unpaired) electrons. The van der Waals surface area contributed by atoms with Crippen LogP contribution in [0, 0.1) is 6.92 Å². The molecule has 7 heteroatoms. The molecule has 0 amide bonds. The normalized spacial score (nSPS) is 21.0. The number of thiophene rings is 1. The fourth-order valence-electron chi connectivity index (χ4n) is 2.68. The van der Waals surface area contributed by atoms with Gasteiger partial charge in [0, 0.05) is 37.0 Å². The molecule has 0 spiro atoms. The van der Waals surface area contributed by atoms with Crippen LogP contribution < -0.4 is 5.73 Å². The Hall–Kier alpha value is -1.44. The molecule has 1 unspecified atom stereocenters. The number of likely N-dealkylation sites (N-methyl/N-ethyl adjacent to an activating group) is 2. The zero-order chi connectivity index (χ0) is 15.0. The molecule has 0 saturated carbocycles. The van der Waals surface area contributed by atoms with Gasteiger partial charge in [0.25, 0.3) is 5.89 Å². The first-order valence-electron chi connectivity index (χ1n) is 7.10. The van der Waals surface area contributed by atoms with Gasteiger partial charge < -0.3 is 20.1 Å². The lowest BCUT2D eigenvalue weighted by molar-refractivity contribution is 0.113. The monoisotopic (exact) mass is 307 g/mol. The standard InChI is InChI=1S/C14H21N5OS/c1-9-6-11(13(15)21-9)14-16-12(17-20-14)7-10-8-18(2)4-5-19(10)3/h6,10H,4-5,7-8,15H2,1-3H3. The molecule has 2 N–H and O–H groups in total. The fourth-order valence-corrected chi connectivity index (χ4v) is 3.46. The molecule has 0 aliphatic carbocycles. The van der Waals surface area contributed by atoms with Crippen molar-refractivity contribution in [3.8, 4) is 11.5 Å². The van der Waals surface area contributed by atoms with E-state index in [1.54, 1.807) is 11.3 Å². The van der Waals surface area contributed by atoms with Gasteiger partial charge >= 0.3 is 0 Å². The Morgan fingerprint density at radius 1 is 1.43 bits per heavy atom. The molecule has 1 saturated heterocycles. The molecule has 6 nitrogen and oxygen atoms in total. The number of hydrogen-bond acceptors (Lipinski definition) is 7. The van der Waals surface area contributed by atoms with Crippen molar-refractivity contribution < 1.29 is 4.52 Å². The lowest BCUT2D eigenvalue weighted by atomic mass is 10.1. The van der Waals surface area contributed by atoms with E-state index < -0.39 is 0 Å². The quantitative estimate of drug-likeness (QED) is 0.926. The Labute approximate surface area is 128 Å². The molecule has 1 fully saturated rings. The van der Waals surface area contributed by atoms with Crippen LogP contribution in [0.2, 0.25) is 0 Å². The maximum Gasteiger partial charge on any atom is 0.260 e. The topological polar surface area (TPSA) is 71.4 Å². The van der Waals surface area contributed by atoms with Crippen LogP contribution in [0.5, 0.6) is 0 Å². The van der Waals surface area contributed by atoms with E-state index >= 15 is 0 Å². The van der Waals surface area contributed by atoms with Crippen molar-refractivity contribution >= 4 is 16.3 Å². The summed E-state index contributed by atoms with van der Waals surface area (Å²) < 4.78 is 5.38. The molecule has 1 aliphatic rings. The van der Waals surface area contributed by atoms with E-state index in [4.69, 9.17) is 10.3 Å². The number of hydrogen-bond donors (Lipinski definition) is 1. The number of nitrogens with zero attached hydrogens (tertiary/aromatic N) is 4. The Morgan fingerprint density at radius 2 is 2.24 bits per heavy atom. The lowest BCUT2D eigenvalue weighted by Crippen LogP contribution is -2.50. The van der Waals surface area contributed by atoms with Crippen molar-refractivity contribution in [3.05, 3.63) is 16.8 Å². The number of rotatable bonds is 3. The Morgan fingerprint density at radius 3 is 2.95 bits per heavy atom. The minimum Gasteiger partial charge on any atom is -0.390 e. The second kappa shape index (κ2) is 5.75. The molecule has 2 aromatic rings. The molecule has 1 atom stereocenters. The molecule has 114 valence electrons. The molecule has 1 aliphatic heterocycles. The zero-order valence-electron chi connectivity index (χ0n) is 12.7. The number of aromatic nitrogens is 2. The highest BCUT2D eigenvalue weighted by molar-refractivity contribution is 7.16. The van der Waals surface area contributed by atoms with E-state index in [-0.39, 0.29) is 0 Å². The van der Waals surface area contributed by atoms with Crippen molar-refractivity contribution in [1.82, 2.24) is 19.9 Å². The fraction of sp³-hybridized carbons (Fsp3) is 0.571. The SMILES string of the molecule is Cc1cc(-c2nc(CC3CN(C)CCN3C)no2)c(N)s1. The van der Waals surface area contributed by atoms with Crippen molar-refractivity contribution in [1.29, 1.82) is 0 Å². The summed E-state index contributed by atoms with van der Waals surface area (Å²) in [6, 6.07) is 2.42. The summed E-state index contributed by atoms with van der Waals surface area (Å²) >= 11 is 1.54. The first-order valence-corrected chi connectivity index (χ1v) is 7.92. The van der Waals surface area contributed by atoms with Crippen LogP contribution in [0.4, 0.5) is 5.00 Å². The van der Waals surface area contributed by atoms with Gasteiger partial charge in [-0.2, -0.15) is 4.98 Å². The van der Waals surface area contributed by atoms with E-state index in [1.807, 2.05) is 13.0 Å². The largest absolute Gasteiger partial charge is 0.390 e. The molecular weight excluding hydrogens is 286 g/mol. The van der Waals surface area contributed by atoms with Crippen LogP contribution in [-0.4, -0.2) is 59.7 Å². The van der Waals surface area contributed by atoms with Crippen molar-refractivity contribution in [3.63, 3.8) is 0 Å². The van der Waals surface area contributed by atoms with Crippen LogP contribution in [-0.2, 0) is 6.42 Å². The van der Waals surface area contributed by atoms with Crippen molar-refractivity contribution in [2.45, 2.75) is 19.4 Å². The number of anilines is 1. The third-order valence-corrected chi connectivity index (χ3v) is 4.86. The summed E-state index contributed by atoms with van der Waals surface area (Å²) in [7, 11) is 4.30. The van der Waals surface area contributed by atoms with Gasteiger partial charge in [-0.25, -0.2) is 0 Å². The second-order valence-corrected chi connectivity index (χ2v) is 7.04. The summed E-state index contributed by atoms with van der Waals surface area (Å²) in [6.07, 6.45) is 0.799. The van der Waals surface area contributed by atoms with Crippen molar-refractivity contribution in [2.24, 2.45) is 0 Å². The zero-order valence-corrected chi connectivity index (χ0v) is 13.5. The summed E-state index contributed by atoms with van der Waals surface area (Å²) in [6.45, 7) is 5.23. The third-order valence-electron chi connectivity index (χ3n) is 3.98. The van der Waals surface area contributed by atoms with Gasteiger partial charge in [-0.05, 0) is 27.1 Å². The molecule has 0 bridgehead atoms. The third kappa shape index (κ3) is 3.09. The molecule has 0 aromatic carbocycles. The molecule has 21 heavy (non-hydrogen) atoms. The Bertz CT molecular complexity index is 623. The Kier molecular flexibility index (Phi) is 3.97. The maximum atomic E-state index is 5.98. The van der Waals surface area contributed by atoms with Gasteiger partial charge in [-0.1, -0.05) is 5.16 Å². The Balaban J connectivity index is 1.74. The predicted octanol–water partition coefficient (Wildman–Crippen LogP) is 1.48. The first kappa shape index (κ1) is 14.5. The summed E-state index contributed by atoms with van der Waals surface area (Å²) in [4.78, 5) is 10.4. The smallest absolute Gasteiger partial charge is 0.260 e. The van der Waals surface area contributed by atoms with Gasteiger partial charge in [0.15, 0.2) is 5.82 Å². The van der Waals surface area contributed by atoms with Crippen molar-refractivity contribution in [2.75, 3.05) is 39.5 Å². The first-order chi connectivity index (χ1) is 10.0. The van der Waals surface area contributed by atoms with Crippen LogP contribution >= 0.6 is 11.3 Å². The second-order valence-electron chi connectivity index (χ2n) is 5.75. The number of nitrogens with two attached hydrogens (primary N) is 1. The number of piperazine rings is 1. The number of nitrogen functional groups attached to an aromatic ring is 1. The molecular formula is C14H21N5OS. The predicted molar refractivity (Wildman–Crippen MR) is 84.4 cm³/mol. The van der Waals surface area contributed by atoms with Gasteiger partial charge in [0.05, 0.1) is 10.6 Å². The van der Waals surface area contributed by atoms with E-state index in [2.05, 4.69) is 34.0 Å². The van der Waals surface area contributed by atoms with Crippen LogP contribution in [0.25, 0.3) is 11.5 Å². The summed E-state index contributed by atoms with van der Waals surface area (Å²) in [5, 5.41) is 4.85. The number of aryl methyl sites for hydroxylation is 1. The molecule has 3 heterocycles. The average Bonchev–Trinajstić information content (AvgIpc) is 3.00. The minimum atomic E-state index is 0.427. The highest BCUT2D eigenvalue weighted by Gasteiger charge is 2.24. The minimum absolute atomic E-state index is 0.427. The van der Waals surface area contributed by atoms with Gasteiger partial charge in [-0.15, -0.1) is 11.3 Å². The maximum absolute atomic E-state index is 5.98. The van der Waals surface area contributed by atoms with Gasteiger partial charge in [0.1, 0.15) is 0 Å². The van der Waals surface area contributed by atoms with Gasteiger partial charge in [0.2, 0.25) is 0 Å². The van der Waals surface area contributed by atoms with E-state index in [9.17, 15) is 0 Å². The van der Waals surface area contributed by atoms with Crippen LogP contribution in [0.15, 0.2) is 10.6 Å². The van der Waals surface area contributed by atoms with E-state index in [0.717, 1.165) is 47.3 Å². The van der Waals surface area contributed by atoms with E-state index in [1.165, 1.54) is 0 Å². The van der Waals surface area contributed by atoms with E-state index in [0.29, 0.717) is 11.9 Å². The highest BCUT2D eigenvalue weighted by atomic mass is 32.1. The summed E-state index contributed by atoms with van der Waals surface area (Å²) in [5.74, 6) is 1.28.